The summed E-state index contributed by atoms with van der Waals surface area (Å²) in [7, 11) is 1.57. The molecule has 1 saturated heterocycles. The van der Waals surface area contributed by atoms with Crippen molar-refractivity contribution in [3.05, 3.63) is 63.0 Å². The molecule has 0 bridgehead atoms. The van der Waals surface area contributed by atoms with Crippen LogP contribution >= 0.6 is 27.7 Å². The molecule has 0 aromatic heterocycles. The smallest absolute Gasteiger partial charge is 0.293 e. The van der Waals surface area contributed by atoms with Gasteiger partial charge >= 0.3 is 0 Å². The fourth-order valence-electron chi connectivity index (χ4n) is 2.76. The molecule has 0 N–H and O–H groups in total. The Bertz CT molecular complexity index is 914. The fraction of sp³-hybridized carbons (Fsp3) is 0.238. The quantitative estimate of drug-likeness (QED) is 0.510. The number of carbonyl (C=O) groups is 2. The Morgan fingerprint density at radius 3 is 2.61 bits per heavy atom. The van der Waals surface area contributed by atoms with Gasteiger partial charge in [-0.3, -0.25) is 14.5 Å². The van der Waals surface area contributed by atoms with Gasteiger partial charge in [-0.1, -0.05) is 37.3 Å². The first-order valence-corrected chi connectivity index (χ1v) is 10.4. The molecule has 1 aliphatic heterocycles. The molecule has 7 heteroatoms. The highest BCUT2D eigenvalue weighted by Gasteiger charge is 2.34. The van der Waals surface area contributed by atoms with Crippen LogP contribution in [0.5, 0.6) is 11.5 Å². The normalized spacial score (nSPS) is 15.4. The van der Waals surface area contributed by atoms with Crippen molar-refractivity contribution in [1.29, 1.82) is 0 Å². The zero-order valence-corrected chi connectivity index (χ0v) is 18.0. The van der Waals surface area contributed by atoms with Crippen molar-refractivity contribution < 1.29 is 19.1 Å². The Hall–Kier alpha value is -2.25. The van der Waals surface area contributed by atoms with Gasteiger partial charge in [0, 0.05) is 6.54 Å². The Kier molecular flexibility index (Phi) is 6.80. The van der Waals surface area contributed by atoms with Gasteiger partial charge in [0.2, 0.25) is 0 Å². The lowest BCUT2D eigenvalue weighted by Crippen LogP contribution is -2.28. The van der Waals surface area contributed by atoms with Crippen LogP contribution in [0.15, 0.2) is 51.8 Å². The van der Waals surface area contributed by atoms with Gasteiger partial charge in [0.1, 0.15) is 6.61 Å². The second-order valence-corrected chi connectivity index (χ2v) is 7.99. The first-order chi connectivity index (χ1) is 13.5. The molecule has 3 rings (SSSR count). The van der Waals surface area contributed by atoms with Crippen molar-refractivity contribution in [2.45, 2.75) is 20.0 Å². The molecule has 2 aromatic rings. The second-order valence-electron chi connectivity index (χ2n) is 6.14. The summed E-state index contributed by atoms with van der Waals surface area (Å²) in [5, 5.41) is -0.230. The fourth-order valence-corrected chi connectivity index (χ4v) is 4.20. The molecule has 0 radical (unpaired) electrons. The number of benzene rings is 2. The molecule has 1 fully saturated rings. The predicted molar refractivity (Wildman–Crippen MR) is 114 cm³/mol. The molecule has 28 heavy (non-hydrogen) atoms. The van der Waals surface area contributed by atoms with E-state index >= 15 is 0 Å². The summed E-state index contributed by atoms with van der Waals surface area (Å²) >= 11 is 4.48. The van der Waals surface area contributed by atoms with Crippen LogP contribution < -0.4 is 9.47 Å². The molecule has 146 valence electrons. The van der Waals surface area contributed by atoms with Crippen molar-refractivity contribution >= 4 is 44.9 Å². The van der Waals surface area contributed by atoms with E-state index in [0.29, 0.717) is 34.0 Å². The Morgan fingerprint density at radius 1 is 1.18 bits per heavy atom. The topological polar surface area (TPSA) is 55.8 Å². The molecular formula is C21H20BrNO4S. The van der Waals surface area contributed by atoms with E-state index in [9.17, 15) is 9.59 Å². The Labute approximate surface area is 176 Å². The molecule has 1 heterocycles. The zero-order valence-electron chi connectivity index (χ0n) is 15.6. The summed E-state index contributed by atoms with van der Waals surface area (Å²) in [6.45, 7) is 2.77. The Balaban J connectivity index is 1.83. The maximum Gasteiger partial charge on any atom is 0.293 e. The minimum absolute atomic E-state index is 0.230. The largest absolute Gasteiger partial charge is 0.493 e. The molecular weight excluding hydrogens is 442 g/mol. The third-order valence-corrected chi connectivity index (χ3v) is 5.59. The van der Waals surface area contributed by atoms with Crippen LogP contribution in [0.2, 0.25) is 0 Å². The maximum atomic E-state index is 12.4. The van der Waals surface area contributed by atoms with Crippen molar-refractivity contribution in [2.24, 2.45) is 0 Å². The van der Waals surface area contributed by atoms with Gasteiger partial charge < -0.3 is 9.47 Å². The Morgan fingerprint density at radius 2 is 1.93 bits per heavy atom. The average Bonchev–Trinajstić information content (AvgIpc) is 2.95. The second kappa shape index (κ2) is 9.30. The minimum atomic E-state index is -0.253. The van der Waals surface area contributed by atoms with Crippen LogP contribution in [-0.2, 0) is 11.4 Å². The van der Waals surface area contributed by atoms with Gasteiger partial charge in [-0.05, 0) is 63.4 Å². The van der Waals surface area contributed by atoms with E-state index in [-0.39, 0.29) is 11.1 Å². The summed E-state index contributed by atoms with van der Waals surface area (Å²) in [5.74, 6) is 0.878. The van der Waals surface area contributed by atoms with Crippen LogP contribution in [0.1, 0.15) is 24.5 Å². The van der Waals surface area contributed by atoms with Crippen molar-refractivity contribution in [2.75, 3.05) is 13.7 Å². The third kappa shape index (κ3) is 4.59. The maximum absolute atomic E-state index is 12.4. The van der Waals surface area contributed by atoms with E-state index in [1.807, 2.05) is 43.3 Å². The van der Waals surface area contributed by atoms with Crippen LogP contribution in [0.4, 0.5) is 4.79 Å². The first kappa shape index (κ1) is 20.5. The van der Waals surface area contributed by atoms with Crippen LogP contribution in [0.25, 0.3) is 6.08 Å². The molecule has 5 nitrogen and oxygen atoms in total. The number of hydrogen-bond acceptors (Lipinski definition) is 5. The van der Waals surface area contributed by atoms with Crippen molar-refractivity contribution in [3.8, 4) is 11.5 Å². The van der Waals surface area contributed by atoms with Crippen molar-refractivity contribution in [1.82, 2.24) is 4.90 Å². The van der Waals surface area contributed by atoms with E-state index in [2.05, 4.69) is 15.9 Å². The van der Waals surface area contributed by atoms with Gasteiger partial charge in [0.15, 0.2) is 11.5 Å². The molecule has 2 aromatic carbocycles. The van der Waals surface area contributed by atoms with Gasteiger partial charge in [-0.2, -0.15) is 0 Å². The molecule has 1 aliphatic rings. The zero-order chi connectivity index (χ0) is 20.1. The number of hydrogen-bond donors (Lipinski definition) is 0. The number of amides is 2. The number of thioether (sulfide) groups is 1. The van der Waals surface area contributed by atoms with Gasteiger partial charge in [-0.25, -0.2) is 0 Å². The van der Waals surface area contributed by atoms with E-state index in [1.165, 1.54) is 4.90 Å². The van der Waals surface area contributed by atoms with E-state index in [0.717, 1.165) is 29.3 Å². The molecule has 0 unspecified atom stereocenters. The van der Waals surface area contributed by atoms with Gasteiger partial charge in [0.05, 0.1) is 16.5 Å². The minimum Gasteiger partial charge on any atom is -0.493 e. The van der Waals surface area contributed by atoms with Crippen LogP contribution in [-0.4, -0.2) is 29.7 Å². The summed E-state index contributed by atoms with van der Waals surface area (Å²) in [4.78, 5) is 26.1. The molecule has 0 atom stereocenters. The number of carbonyl (C=O) groups excluding carboxylic acids is 2. The highest BCUT2D eigenvalue weighted by molar-refractivity contribution is 9.10. The van der Waals surface area contributed by atoms with E-state index < -0.39 is 0 Å². The van der Waals surface area contributed by atoms with Crippen LogP contribution in [0, 0.1) is 0 Å². The summed E-state index contributed by atoms with van der Waals surface area (Å²) < 4.78 is 12.1. The highest BCUT2D eigenvalue weighted by atomic mass is 79.9. The standard InChI is InChI=1S/C21H20BrNO4S/c1-3-9-23-20(24)18(28-21(23)25)12-15-10-16(22)19(17(11-15)26-2)27-13-14-7-5-4-6-8-14/h4-8,10-12H,3,9,13H2,1-2H3/b18-12+. The molecule has 0 aliphatic carbocycles. The summed E-state index contributed by atoms with van der Waals surface area (Å²) in [6.07, 6.45) is 2.44. The lowest BCUT2D eigenvalue weighted by atomic mass is 10.1. The predicted octanol–water partition coefficient (Wildman–Crippen LogP) is 5.48. The first-order valence-electron chi connectivity index (χ1n) is 8.83. The lowest BCUT2D eigenvalue weighted by Gasteiger charge is -2.14. The number of rotatable bonds is 7. The van der Waals surface area contributed by atoms with E-state index in [1.54, 1.807) is 19.3 Å². The van der Waals surface area contributed by atoms with E-state index in [4.69, 9.17) is 9.47 Å². The highest BCUT2D eigenvalue weighted by Crippen LogP contribution is 2.39. The molecule has 0 saturated carbocycles. The van der Waals surface area contributed by atoms with Crippen LogP contribution in [0.3, 0.4) is 0 Å². The number of imide groups is 1. The number of halogens is 1. The van der Waals surface area contributed by atoms with Gasteiger partial charge in [0.25, 0.3) is 11.1 Å². The lowest BCUT2D eigenvalue weighted by molar-refractivity contribution is -0.122. The number of methoxy groups -OCH3 is 1. The summed E-state index contributed by atoms with van der Waals surface area (Å²) in [6, 6.07) is 13.5. The third-order valence-electron chi connectivity index (χ3n) is 4.10. The van der Waals surface area contributed by atoms with Gasteiger partial charge in [-0.15, -0.1) is 0 Å². The summed E-state index contributed by atoms with van der Waals surface area (Å²) in [5.41, 5.74) is 1.79. The number of nitrogens with zero attached hydrogens (tertiary/aromatic N) is 1. The molecule has 2 amide bonds. The average molecular weight is 462 g/mol. The molecule has 0 spiro atoms. The van der Waals surface area contributed by atoms with Crippen molar-refractivity contribution in [3.63, 3.8) is 0 Å². The SMILES string of the molecule is CCCN1C(=O)S/C(=C/c2cc(Br)c(OCc3ccccc3)c(OC)c2)C1=O. The monoisotopic (exact) mass is 461 g/mol. The number of ether oxygens (including phenoxy) is 2.